The van der Waals surface area contributed by atoms with Crippen molar-refractivity contribution >= 4 is 0 Å². The van der Waals surface area contributed by atoms with Crippen molar-refractivity contribution < 1.29 is 9.47 Å². The van der Waals surface area contributed by atoms with Crippen LogP contribution >= 0.6 is 0 Å². The molecule has 3 heteroatoms. The Labute approximate surface area is 82.0 Å². The van der Waals surface area contributed by atoms with E-state index in [-0.39, 0.29) is 0 Å². The minimum absolute atomic E-state index is 0.409. The van der Waals surface area contributed by atoms with Crippen molar-refractivity contribution in [1.82, 2.24) is 4.90 Å². The summed E-state index contributed by atoms with van der Waals surface area (Å²) in [7, 11) is 1.65. The van der Waals surface area contributed by atoms with Crippen LogP contribution in [0.1, 0.15) is 26.7 Å². The van der Waals surface area contributed by atoms with Crippen LogP contribution in [0.2, 0.25) is 0 Å². The average molecular weight is 189 g/mol. The van der Waals surface area contributed by atoms with Crippen LogP contribution in [0.4, 0.5) is 0 Å². The summed E-state index contributed by atoms with van der Waals surface area (Å²) >= 11 is 0. The van der Waals surface area contributed by atoms with Gasteiger partial charge in [0.25, 0.3) is 0 Å². The highest BCUT2D eigenvalue weighted by Crippen LogP contribution is 1.93. The summed E-state index contributed by atoms with van der Waals surface area (Å²) in [6.45, 7) is 8.96. The largest absolute Gasteiger partial charge is 0.359 e. The number of nitrogens with zero attached hydrogens (tertiary/aromatic N) is 1. The Bertz CT molecular complexity index is 92.9. The summed E-state index contributed by atoms with van der Waals surface area (Å²) in [6.07, 6.45) is 2.43. The predicted molar refractivity (Wildman–Crippen MR) is 54.9 cm³/mol. The smallest absolute Gasteiger partial charge is 0.146 e. The van der Waals surface area contributed by atoms with Gasteiger partial charge in [0.15, 0.2) is 0 Å². The van der Waals surface area contributed by atoms with Crippen molar-refractivity contribution in [3.05, 3.63) is 0 Å². The van der Waals surface area contributed by atoms with Gasteiger partial charge in [0.2, 0.25) is 0 Å². The van der Waals surface area contributed by atoms with E-state index in [1.54, 1.807) is 7.11 Å². The molecule has 0 saturated heterocycles. The first-order valence-corrected chi connectivity index (χ1v) is 5.14. The van der Waals surface area contributed by atoms with Gasteiger partial charge in [-0.1, -0.05) is 13.8 Å². The van der Waals surface area contributed by atoms with Gasteiger partial charge in [-0.05, 0) is 25.9 Å². The first-order chi connectivity index (χ1) is 6.35. The van der Waals surface area contributed by atoms with Crippen molar-refractivity contribution in [3.8, 4) is 0 Å². The normalized spacial score (nSPS) is 11.1. The summed E-state index contributed by atoms with van der Waals surface area (Å²) in [5.74, 6) is 0. The summed E-state index contributed by atoms with van der Waals surface area (Å²) < 4.78 is 10.0. The molecule has 0 aliphatic carbocycles. The lowest BCUT2D eigenvalue weighted by atomic mass is 10.3. The molecular formula is C10H23NO2. The van der Waals surface area contributed by atoms with E-state index in [4.69, 9.17) is 9.47 Å². The molecule has 0 amide bonds. The first kappa shape index (κ1) is 12.9. The van der Waals surface area contributed by atoms with Crippen molar-refractivity contribution in [1.29, 1.82) is 0 Å². The van der Waals surface area contributed by atoms with Gasteiger partial charge in [0.05, 0.1) is 6.61 Å². The molecule has 0 aromatic heterocycles. The Morgan fingerprint density at radius 3 is 2.08 bits per heavy atom. The molecule has 0 aliphatic heterocycles. The molecular weight excluding hydrogens is 166 g/mol. The summed E-state index contributed by atoms with van der Waals surface area (Å²) in [6, 6.07) is 0. The minimum Gasteiger partial charge on any atom is -0.359 e. The van der Waals surface area contributed by atoms with E-state index >= 15 is 0 Å². The SMILES string of the molecule is CCCN(CCC)CCOCOC. The van der Waals surface area contributed by atoms with E-state index in [1.807, 2.05) is 0 Å². The highest BCUT2D eigenvalue weighted by molar-refractivity contribution is 4.54. The maximum absolute atomic E-state index is 5.24. The number of rotatable bonds is 9. The van der Waals surface area contributed by atoms with Gasteiger partial charge in [-0.25, -0.2) is 0 Å². The summed E-state index contributed by atoms with van der Waals surface area (Å²) in [4.78, 5) is 2.43. The molecule has 0 fully saturated rings. The lowest BCUT2D eigenvalue weighted by molar-refractivity contribution is -0.0365. The molecule has 0 unspecified atom stereocenters. The van der Waals surface area contributed by atoms with Gasteiger partial charge in [-0.2, -0.15) is 0 Å². The van der Waals surface area contributed by atoms with Crippen LogP contribution in [0.15, 0.2) is 0 Å². The van der Waals surface area contributed by atoms with Gasteiger partial charge in [-0.15, -0.1) is 0 Å². The number of hydrogen-bond acceptors (Lipinski definition) is 3. The molecule has 13 heavy (non-hydrogen) atoms. The lowest BCUT2D eigenvalue weighted by Gasteiger charge is -2.20. The molecule has 0 aliphatic rings. The zero-order valence-electron chi connectivity index (χ0n) is 9.21. The van der Waals surface area contributed by atoms with Crippen LogP contribution in [-0.4, -0.2) is 45.0 Å². The van der Waals surface area contributed by atoms with E-state index < -0.39 is 0 Å². The Kier molecular flexibility index (Phi) is 9.87. The second-order valence-electron chi connectivity index (χ2n) is 3.16. The van der Waals surface area contributed by atoms with Crippen LogP contribution < -0.4 is 0 Å². The second-order valence-corrected chi connectivity index (χ2v) is 3.16. The molecule has 0 radical (unpaired) electrons. The van der Waals surface area contributed by atoms with E-state index in [0.717, 1.165) is 13.2 Å². The average Bonchev–Trinajstić information content (AvgIpc) is 2.13. The van der Waals surface area contributed by atoms with Crippen molar-refractivity contribution in [2.75, 3.05) is 40.1 Å². The van der Waals surface area contributed by atoms with Gasteiger partial charge in [0.1, 0.15) is 6.79 Å². The van der Waals surface area contributed by atoms with Gasteiger partial charge in [0, 0.05) is 13.7 Å². The molecule has 0 N–H and O–H groups in total. The molecule has 0 bridgehead atoms. The summed E-state index contributed by atoms with van der Waals surface area (Å²) in [5, 5.41) is 0. The van der Waals surface area contributed by atoms with Crippen LogP contribution in [0.5, 0.6) is 0 Å². The molecule has 0 aromatic carbocycles. The second kappa shape index (κ2) is 9.96. The molecule has 0 atom stereocenters. The first-order valence-electron chi connectivity index (χ1n) is 5.14. The third-order valence-corrected chi connectivity index (χ3v) is 1.83. The third-order valence-electron chi connectivity index (χ3n) is 1.83. The molecule has 0 saturated carbocycles. The maximum atomic E-state index is 5.24. The molecule has 80 valence electrons. The Balaban J connectivity index is 3.33. The molecule has 0 heterocycles. The number of hydrogen-bond donors (Lipinski definition) is 0. The third kappa shape index (κ3) is 8.22. The van der Waals surface area contributed by atoms with Gasteiger partial charge >= 0.3 is 0 Å². The fourth-order valence-electron chi connectivity index (χ4n) is 1.30. The van der Waals surface area contributed by atoms with Crippen LogP contribution in [0, 0.1) is 0 Å². The zero-order chi connectivity index (χ0) is 9.94. The molecule has 3 nitrogen and oxygen atoms in total. The highest BCUT2D eigenvalue weighted by atomic mass is 16.7. The fourth-order valence-corrected chi connectivity index (χ4v) is 1.30. The van der Waals surface area contributed by atoms with Crippen molar-refractivity contribution in [3.63, 3.8) is 0 Å². The minimum atomic E-state index is 0.409. The van der Waals surface area contributed by atoms with Crippen molar-refractivity contribution in [2.45, 2.75) is 26.7 Å². The molecule has 0 rings (SSSR count). The number of methoxy groups -OCH3 is 1. The lowest BCUT2D eigenvalue weighted by Crippen LogP contribution is -2.29. The van der Waals surface area contributed by atoms with E-state index in [0.29, 0.717) is 6.79 Å². The van der Waals surface area contributed by atoms with E-state index in [1.165, 1.54) is 25.9 Å². The fraction of sp³-hybridized carbons (Fsp3) is 1.00. The molecule has 0 spiro atoms. The van der Waals surface area contributed by atoms with Crippen LogP contribution in [0.25, 0.3) is 0 Å². The van der Waals surface area contributed by atoms with Crippen LogP contribution in [-0.2, 0) is 9.47 Å². The zero-order valence-corrected chi connectivity index (χ0v) is 9.21. The van der Waals surface area contributed by atoms with Crippen molar-refractivity contribution in [2.24, 2.45) is 0 Å². The Hall–Kier alpha value is -0.120. The maximum Gasteiger partial charge on any atom is 0.146 e. The van der Waals surface area contributed by atoms with Gasteiger partial charge in [-0.3, -0.25) is 0 Å². The monoisotopic (exact) mass is 189 g/mol. The van der Waals surface area contributed by atoms with E-state index in [2.05, 4.69) is 18.7 Å². The standard InChI is InChI=1S/C10H23NO2/c1-4-6-11(7-5-2)8-9-13-10-12-3/h4-10H2,1-3H3. The molecule has 0 aromatic rings. The van der Waals surface area contributed by atoms with E-state index in [9.17, 15) is 0 Å². The number of ether oxygens (including phenoxy) is 2. The predicted octanol–water partition coefficient (Wildman–Crippen LogP) is 1.73. The van der Waals surface area contributed by atoms with Gasteiger partial charge < -0.3 is 14.4 Å². The quantitative estimate of drug-likeness (QED) is 0.407. The highest BCUT2D eigenvalue weighted by Gasteiger charge is 2.00. The topological polar surface area (TPSA) is 21.7 Å². The Morgan fingerprint density at radius 2 is 1.62 bits per heavy atom. The Morgan fingerprint density at radius 1 is 1.00 bits per heavy atom. The summed E-state index contributed by atoms with van der Waals surface area (Å²) in [5.41, 5.74) is 0. The van der Waals surface area contributed by atoms with Crippen LogP contribution in [0.3, 0.4) is 0 Å².